The number of carbonyl (C=O) groups excluding carboxylic acids is 2. The summed E-state index contributed by atoms with van der Waals surface area (Å²) in [7, 11) is 0. The molecule has 1 aliphatic heterocycles. The first-order valence-corrected chi connectivity index (χ1v) is 8.43. The third kappa shape index (κ3) is 4.10. The highest BCUT2D eigenvalue weighted by Gasteiger charge is 2.41. The number of rotatable bonds is 4. The Bertz CT molecular complexity index is 553. The van der Waals surface area contributed by atoms with Gasteiger partial charge in [-0.05, 0) is 31.4 Å². The third-order valence-electron chi connectivity index (χ3n) is 4.78. The maximum atomic E-state index is 12.0. The van der Waals surface area contributed by atoms with Gasteiger partial charge in [0, 0.05) is 5.56 Å². The van der Waals surface area contributed by atoms with E-state index in [0.29, 0.717) is 12.2 Å². The summed E-state index contributed by atoms with van der Waals surface area (Å²) in [5.74, 6) is -0.386. The van der Waals surface area contributed by atoms with E-state index in [4.69, 9.17) is 4.74 Å². The number of nitrogens with one attached hydrogen (secondary N) is 2. The van der Waals surface area contributed by atoms with Crippen LogP contribution in [0.1, 0.15) is 48.9 Å². The molecule has 1 aromatic rings. The second-order valence-corrected chi connectivity index (χ2v) is 6.57. The maximum Gasteiger partial charge on any atom is 0.251 e. The third-order valence-corrected chi connectivity index (χ3v) is 4.78. The minimum absolute atomic E-state index is 0.00275. The number of carbonyl (C=O) groups is 2. The van der Waals surface area contributed by atoms with Crippen LogP contribution in [0, 0.1) is 0 Å². The van der Waals surface area contributed by atoms with Crippen LogP contribution in [0.25, 0.3) is 0 Å². The molecular weight excluding hydrogens is 292 g/mol. The van der Waals surface area contributed by atoms with E-state index >= 15 is 0 Å². The fraction of sp³-hybridized carbons (Fsp3) is 0.556. The van der Waals surface area contributed by atoms with E-state index in [9.17, 15) is 9.59 Å². The van der Waals surface area contributed by atoms with Gasteiger partial charge in [0.05, 0.1) is 24.8 Å². The number of ether oxygens (including phenoxy) is 1. The molecule has 1 spiro atoms. The molecule has 0 aromatic heterocycles. The van der Waals surface area contributed by atoms with Gasteiger partial charge in [-0.25, -0.2) is 0 Å². The van der Waals surface area contributed by atoms with Crippen LogP contribution in [-0.4, -0.2) is 36.6 Å². The van der Waals surface area contributed by atoms with E-state index in [-0.39, 0.29) is 30.0 Å². The Morgan fingerprint density at radius 1 is 1.13 bits per heavy atom. The first-order chi connectivity index (χ1) is 11.2. The van der Waals surface area contributed by atoms with Gasteiger partial charge in [0.2, 0.25) is 5.91 Å². The van der Waals surface area contributed by atoms with Gasteiger partial charge in [0.25, 0.3) is 5.91 Å². The normalized spacial score (nSPS) is 22.7. The minimum Gasteiger partial charge on any atom is -0.373 e. The molecule has 1 unspecified atom stereocenters. The summed E-state index contributed by atoms with van der Waals surface area (Å²) >= 11 is 0. The Balaban J connectivity index is 1.42. The van der Waals surface area contributed by atoms with Crippen LogP contribution in [0.15, 0.2) is 30.3 Å². The molecular formula is C18H24N2O3. The summed E-state index contributed by atoms with van der Waals surface area (Å²) in [6, 6.07) is 8.97. The zero-order valence-corrected chi connectivity index (χ0v) is 13.3. The molecule has 124 valence electrons. The molecule has 1 aliphatic carbocycles. The molecule has 1 saturated heterocycles. The second kappa shape index (κ2) is 7.13. The monoisotopic (exact) mass is 316 g/mol. The van der Waals surface area contributed by atoms with E-state index in [1.807, 2.05) is 6.07 Å². The Morgan fingerprint density at radius 2 is 1.87 bits per heavy atom. The van der Waals surface area contributed by atoms with Gasteiger partial charge < -0.3 is 15.4 Å². The highest BCUT2D eigenvalue weighted by molar-refractivity contribution is 5.96. The number of amides is 2. The summed E-state index contributed by atoms with van der Waals surface area (Å²) in [6.45, 7) is 0.579. The summed E-state index contributed by atoms with van der Waals surface area (Å²) in [5.41, 5.74) is 0.550. The molecule has 2 aliphatic rings. The topological polar surface area (TPSA) is 67.4 Å². The van der Waals surface area contributed by atoms with Crippen LogP contribution in [0.2, 0.25) is 0 Å². The van der Waals surface area contributed by atoms with Crippen molar-refractivity contribution in [1.82, 2.24) is 10.6 Å². The van der Waals surface area contributed by atoms with Crippen molar-refractivity contribution in [2.45, 2.75) is 50.2 Å². The minimum atomic E-state index is -0.229. The Kier molecular flexibility index (Phi) is 4.96. The van der Waals surface area contributed by atoms with Gasteiger partial charge in [-0.1, -0.05) is 37.5 Å². The molecule has 3 rings (SSSR count). The van der Waals surface area contributed by atoms with Crippen molar-refractivity contribution in [2.24, 2.45) is 0 Å². The smallest absolute Gasteiger partial charge is 0.251 e. The van der Waals surface area contributed by atoms with E-state index in [1.54, 1.807) is 24.3 Å². The molecule has 0 radical (unpaired) electrons. The summed E-state index contributed by atoms with van der Waals surface area (Å²) in [4.78, 5) is 23.9. The van der Waals surface area contributed by atoms with E-state index in [2.05, 4.69) is 10.6 Å². The number of hydrogen-bond donors (Lipinski definition) is 2. The van der Waals surface area contributed by atoms with Crippen molar-refractivity contribution in [1.29, 1.82) is 0 Å². The van der Waals surface area contributed by atoms with Crippen molar-refractivity contribution in [3.63, 3.8) is 0 Å². The van der Waals surface area contributed by atoms with Gasteiger partial charge in [-0.2, -0.15) is 0 Å². The van der Waals surface area contributed by atoms with Gasteiger partial charge in [-0.15, -0.1) is 0 Å². The first-order valence-electron chi connectivity index (χ1n) is 8.43. The highest BCUT2D eigenvalue weighted by Crippen LogP contribution is 2.39. The van der Waals surface area contributed by atoms with Crippen molar-refractivity contribution in [3.05, 3.63) is 35.9 Å². The Hall–Kier alpha value is -1.88. The van der Waals surface area contributed by atoms with Crippen LogP contribution in [-0.2, 0) is 9.53 Å². The van der Waals surface area contributed by atoms with E-state index in [0.717, 1.165) is 19.3 Å². The zero-order valence-electron chi connectivity index (χ0n) is 13.3. The number of benzene rings is 1. The molecule has 2 fully saturated rings. The SMILES string of the molecule is O=C(CNC(=O)c1ccccc1)NC1COC2(CCCCC2)C1. The lowest BCUT2D eigenvalue weighted by atomic mass is 9.82. The average molecular weight is 316 g/mol. The lowest BCUT2D eigenvalue weighted by molar-refractivity contribution is -0.120. The Labute approximate surface area is 136 Å². The van der Waals surface area contributed by atoms with Gasteiger partial charge in [0.1, 0.15) is 0 Å². The maximum absolute atomic E-state index is 12.0. The summed E-state index contributed by atoms with van der Waals surface area (Å²) in [5, 5.41) is 5.63. The highest BCUT2D eigenvalue weighted by atomic mass is 16.5. The second-order valence-electron chi connectivity index (χ2n) is 6.57. The fourth-order valence-electron chi connectivity index (χ4n) is 3.61. The quantitative estimate of drug-likeness (QED) is 0.893. The molecule has 1 atom stereocenters. The Morgan fingerprint density at radius 3 is 2.61 bits per heavy atom. The van der Waals surface area contributed by atoms with E-state index < -0.39 is 0 Å². The molecule has 5 nitrogen and oxygen atoms in total. The summed E-state index contributed by atoms with van der Waals surface area (Å²) < 4.78 is 5.99. The number of hydrogen-bond acceptors (Lipinski definition) is 3. The lowest BCUT2D eigenvalue weighted by Gasteiger charge is -2.32. The van der Waals surface area contributed by atoms with Crippen molar-refractivity contribution >= 4 is 11.8 Å². The largest absolute Gasteiger partial charge is 0.373 e. The van der Waals surface area contributed by atoms with Gasteiger partial charge in [0.15, 0.2) is 0 Å². The van der Waals surface area contributed by atoms with Crippen molar-refractivity contribution in [2.75, 3.05) is 13.2 Å². The molecule has 1 heterocycles. The van der Waals surface area contributed by atoms with Crippen LogP contribution >= 0.6 is 0 Å². The zero-order chi connectivity index (χ0) is 16.1. The average Bonchev–Trinajstić information content (AvgIpc) is 2.96. The predicted molar refractivity (Wildman–Crippen MR) is 87.1 cm³/mol. The molecule has 23 heavy (non-hydrogen) atoms. The van der Waals surface area contributed by atoms with Crippen LogP contribution < -0.4 is 10.6 Å². The molecule has 2 amide bonds. The van der Waals surface area contributed by atoms with Crippen molar-refractivity contribution in [3.8, 4) is 0 Å². The molecule has 1 saturated carbocycles. The van der Waals surface area contributed by atoms with Crippen molar-refractivity contribution < 1.29 is 14.3 Å². The van der Waals surface area contributed by atoms with Gasteiger partial charge >= 0.3 is 0 Å². The standard InChI is InChI=1S/C18H24N2O3/c21-16(12-19-17(22)14-7-3-1-4-8-14)20-15-11-18(23-13-15)9-5-2-6-10-18/h1,3-4,7-8,15H,2,5-6,9-13H2,(H,19,22)(H,20,21). The predicted octanol–water partition coefficient (Wildman–Crippen LogP) is 2.02. The van der Waals surface area contributed by atoms with Crippen LogP contribution in [0.5, 0.6) is 0 Å². The molecule has 0 bridgehead atoms. The molecule has 1 aromatic carbocycles. The van der Waals surface area contributed by atoms with Crippen LogP contribution in [0.3, 0.4) is 0 Å². The molecule has 5 heteroatoms. The van der Waals surface area contributed by atoms with E-state index in [1.165, 1.54) is 19.3 Å². The fourth-order valence-corrected chi connectivity index (χ4v) is 3.61. The summed E-state index contributed by atoms with van der Waals surface area (Å²) in [6.07, 6.45) is 6.81. The van der Waals surface area contributed by atoms with Gasteiger partial charge in [-0.3, -0.25) is 9.59 Å². The first kappa shape index (κ1) is 16.0. The lowest BCUT2D eigenvalue weighted by Crippen LogP contribution is -2.43. The van der Waals surface area contributed by atoms with Crippen LogP contribution in [0.4, 0.5) is 0 Å². The molecule has 2 N–H and O–H groups in total.